The lowest BCUT2D eigenvalue weighted by Gasteiger charge is -2.02. The van der Waals surface area contributed by atoms with Gasteiger partial charge in [-0.25, -0.2) is 0 Å². The Bertz CT molecular complexity index is 389. The van der Waals surface area contributed by atoms with Gasteiger partial charge in [0.2, 0.25) is 0 Å². The van der Waals surface area contributed by atoms with Crippen molar-refractivity contribution in [1.29, 1.82) is 0 Å². The average molecular weight is 220 g/mol. The van der Waals surface area contributed by atoms with Crippen LogP contribution in [0.4, 0.5) is 0 Å². The van der Waals surface area contributed by atoms with Crippen molar-refractivity contribution < 1.29 is 9.59 Å². The number of hydrogen-bond donors (Lipinski definition) is 2. The first-order valence-corrected chi connectivity index (χ1v) is 4.71. The van der Waals surface area contributed by atoms with E-state index in [2.05, 4.69) is 15.7 Å². The zero-order chi connectivity index (χ0) is 11.8. The number of rotatable bonds is 4. The van der Waals surface area contributed by atoms with Crippen LogP contribution in [0.2, 0.25) is 0 Å². The van der Waals surface area contributed by atoms with Crippen LogP contribution < -0.4 is 11.2 Å². The second-order valence-corrected chi connectivity index (χ2v) is 2.98. The molecular weight excluding hydrogens is 208 g/mol. The van der Waals surface area contributed by atoms with Crippen molar-refractivity contribution in [3.8, 4) is 0 Å². The predicted octanol–water partition coefficient (Wildman–Crippen LogP) is 0.659. The van der Waals surface area contributed by atoms with Crippen LogP contribution in [0, 0.1) is 0 Å². The van der Waals surface area contributed by atoms with E-state index in [4.69, 9.17) is 5.84 Å². The maximum atomic E-state index is 11.5. The van der Waals surface area contributed by atoms with Crippen LogP contribution in [0.5, 0.6) is 0 Å². The van der Waals surface area contributed by atoms with Gasteiger partial charge in [-0.05, 0) is 12.1 Å². The molecule has 0 unspecified atom stereocenters. The number of benzene rings is 1. The minimum atomic E-state index is -0.462. The molecule has 1 rings (SSSR count). The number of carbonyl (C=O) groups excluding carboxylic acids is 2. The summed E-state index contributed by atoms with van der Waals surface area (Å²) in [6.07, 6.45) is 0.0826. The van der Waals surface area contributed by atoms with Gasteiger partial charge in [0.1, 0.15) is 0 Å². The summed E-state index contributed by atoms with van der Waals surface area (Å²) >= 11 is 0. The van der Waals surface area contributed by atoms with E-state index in [0.717, 1.165) is 0 Å². The fourth-order valence-electron chi connectivity index (χ4n) is 1.09. The number of amides is 2. The smallest absolute Gasteiger partial charge is 0.268 e. The van der Waals surface area contributed by atoms with Gasteiger partial charge in [-0.2, -0.15) is 0 Å². The van der Waals surface area contributed by atoms with Crippen LogP contribution in [0.25, 0.3) is 0 Å². The Morgan fingerprint density at radius 3 is 2.56 bits per heavy atom. The molecule has 84 valence electrons. The van der Waals surface area contributed by atoms with Gasteiger partial charge >= 0.3 is 0 Å². The van der Waals surface area contributed by atoms with Crippen LogP contribution in [-0.4, -0.2) is 18.4 Å². The molecule has 2 amide bonds. The topological polar surface area (TPSA) is 96.9 Å². The zero-order valence-corrected chi connectivity index (χ0v) is 8.59. The maximum Gasteiger partial charge on any atom is 0.268 e. The van der Waals surface area contributed by atoms with E-state index in [1.54, 1.807) is 24.3 Å². The molecule has 1 aromatic carbocycles. The Labute approximate surface area is 92.5 Å². The molecule has 0 radical (unpaired) electrons. The normalized spacial score (nSPS) is 10.2. The van der Waals surface area contributed by atoms with E-state index in [9.17, 15) is 9.59 Å². The molecule has 3 N–H and O–H groups in total. The van der Waals surface area contributed by atoms with Crippen LogP contribution in [0.15, 0.2) is 40.7 Å². The summed E-state index contributed by atoms with van der Waals surface area (Å²) in [6, 6.07) is 8.74. The first-order valence-electron chi connectivity index (χ1n) is 4.71. The minimum Gasteiger partial charge on any atom is -0.352 e. The lowest BCUT2D eigenvalue weighted by Crippen LogP contribution is -2.25. The van der Waals surface area contributed by atoms with E-state index in [0.29, 0.717) is 5.56 Å². The lowest BCUT2D eigenvalue weighted by atomic mass is 10.2. The summed E-state index contributed by atoms with van der Waals surface area (Å²) in [5.74, 6) is 4.02. The molecule has 0 aliphatic rings. The second kappa shape index (κ2) is 6.28. The highest BCUT2D eigenvalue weighted by molar-refractivity contribution is 5.94. The van der Waals surface area contributed by atoms with Gasteiger partial charge in [-0.15, -0.1) is 0 Å². The molecule has 0 saturated heterocycles. The number of carbonyl (C=O) groups is 2. The number of nitrogens with one attached hydrogen (secondary N) is 1. The quantitative estimate of drug-likeness (QED) is 0.443. The highest BCUT2D eigenvalue weighted by Gasteiger charge is 2.04. The fraction of sp³-hybridized carbons (Fsp3) is 0.200. The van der Waals surface area contributed by atoms with Crippen molar-refractivity contribution in [2.24, 2.45) is 16.2 Å². The van der Waals surface area contributed by atoms with Crippen LogP contribution in [0.3, 0.4) is 0 Å². The molecule has 0 aromatic heterocycles. The summed E-state index contributed by atoms with van der Waals surface area (Å²) in [5.41, 5.74) is 0.551. The van der Waals surface area contributed by atoms with Gasteiger partial charge in [0, 0.05) is 18.5 Å². The average Bonchev–Trinajstić information content (AvgIpc) is 2.30. The fourth-order valence-corrected chi connectivity index (χ4v) is 1.09. The Hall–Kier alpha value is -2.24. The molecule has 0 spiro atoms. The monoisotopic (exact) mass is 220 g/mol. The van der Waals surface area contributed by atoms with Gasteiger partial charge in [-0.3, -0.25) is 9.59 Å². The Balaban J connectivity index is 2.34. The van der Waals surface area contributed by atoms with E-state index >= 15 is 0 Å². The van der Waals surface area contributed by atoms with Crippen molar-refractivity contribution in [2.45, 2.75) is 6.42 Å². The van der Waals surface area contributed by atoms with Gasteiger partial charge < -0.3 is 11.2 Å². The number of hydrogen-bond acceptors (Lipinski definition) is 3. The molecule has 0 fully saturated rings. The second-order valence-electron chi connectivity index (χ2n) is 2.98. The number of nitrogens with zero attached hydrogens (tertiary/aromatic N) is 2. The first-order chi connectivity index (χ1) is 7.74. The minimum absolute atomic E-state index is 0.0826. The molecule has 0 aliphatic carbocycles. The number of nitrogens with two attached hydrogens (primary N) is 1. The lowest BCUT2D eigenvalue weighted by molar-refractivity contribution is -0.118. The van der Waals surface area contributed by atoms with Gasteiger partial charge in [0.25, 0.3) is 11.8 Å². The Morgan fingerprint density at radius 2 is 1.94 bits per heavy atom. The maximum absolute atomic E-state index is 11.5. The largest absolute Gasteiger partial charge is 0.352 e. The SMILES string of the molecule is NN=NC(=O)CCNC(=O)c1ccccc1. The predicted molar refractivity (Wildman–Crippen MR) is 57.4 cm³/mol. The van der Waals surface area contributed by atoms with E-state index in [-0.39, 0.29) is 18.9 Å². The summed E-state index contributed by atoms with van der Waals surface area (Å²) in [6.45, 7) is 0.214. The standard InChI is InChI=1S/C10H12N4O2/c11-14-13-9(15)6-7-12-10(16)8-4-2-1-3-5-8/h1-5H,6-7H2,(H,12,16)(H2,11,13,15). The van der Waals surface area contributed by atoms with Crippen molar-refractivity contribution in [3.05, 3.63) is 35.9 Å². The van der Waals surface area contributed by atoms with Crippen LogP contribution in [-0.2, 0) is 4.79 Å². The summed E-state index contributed by atoms with van der Waals surface area (Å²) in [4.78, 5) is 22.4. The molecule has 1 aromatic rings. The van der Waals surface area contributed by atoms with Crippen molar-refractivity contribution in [3.63, 3.8) is 0 Å². The highest BCUT2D eigenvalue weighted by atomic mass is 16.2. The molecule has 16 heavy (non-hydrogen) atoms. The van der Waals surface area contributed by atoms with Gasteiger partial charge in [0.15, 0.2) is 0 Å². The molecule has 0 heterocycles. The first kappa shape index (κ1) is 11.8. The molecule has 6 nitrogen and oxygen atoms in total. The van der Waals surface area contributed by atoms with Gasteiger partial charge in [-0.1, -0.05) is 28.5 Å². The van der Waals surface area contributed by atoms with Crippen molar-refractivity contribution in [2.75, 3.05) is 6.54 Å². The molecule has 0 saturated carbocycles. The zero-order valence-electron chi connectivity index (χ0n) is 8.59. The summed E-state index contributed by atoms with van der Waals surface area (Å²) in [5, 5.41) is 8.55. The third-order valence-electron chi connectivity index (χ3n) is 1.83. The molecular formula is C10H12N4O2. The highest BCUT2D eigenvalue weighted by Crippen LogP contribution is 1.97. The Morgan fingerprint density at radius 1 is 1.25 bits per heavy atom. The van der Waals surface area contributed by atoms with Crippen LogP contribution >= 0.6 is 0 Å². The molecule has 0 bridgehead atoms. The summed E-state index contributed by atoms with van der Waals surface area (Å²) in [7, 11) is 0. The molecule has 6 heteroatoms. The third kappa shape index (κ3) is 3.87. The van der Waals surface area contributed by atoms with E-state index in [1.807, 2.05) is 6.07 Å². The van der Waals surface area contributed by atoms with Crippen molar-refractivity contribution >= 4 is 11.8 Å². The van der Waals surface area contributed by atoms with Crippen LogP contribution in [0.1, 0.15) is 16.8 Å². The molecule has 0 atom stereocenters. The van der Waals surface area contributed by atoms with Crippen molar-refractivity contribution in [1.82, 2.24) is 5.32 Å². The van der Waals surface area contributed by atoms with E-state index < -0.39 is 5.91 Å². The Kier molecular flexibility index (Phi) is 4.65. The molecule has 0 aliphatic heterocycles. The summed E-state index contributed by atoms with van der Waals surface area (Å²) < 4.78 is 0. The third-order valence-corrected chi connectivity index (χ3v) is 1.83. The van der Waals surface area contributed by atoms with E-state index in [1.165, 1.54) is 0 Å². The van der Waals surface area contributed by atoms with Gasteiger partial charge in [0.05, 0.1) is 0 Å².